The highest BCUT2D eigenvalue weighted by atomic mass is 35.5. The summed E-state index contributed by atoms with van der Waals surface area (Å²) in [6.07, 6.45) is 0. The lowest BCUT2D eigenvalue weighted by molar-refractivity contribution is -0.120. The monoisotopic (exact) mass is 508 g/mol. The summed E-state index contributed by atoms with van der Waals surface area (Å²) < 4.78 is 0. The Balaban J connectivity index is 1.59. The van der Waals surface area contributed by atoms with Crippen molar-refractivity contribution in [1.82, 2.24) is 5.32 Å². The molecule has 0 radical (unpaired) electrons. The predicted molar refractivity (Wildman–Crippen MR) is 141 cm³/mol. The molecular weight excluding hydrogens is 488 g/mol. The van der Waals surface area contributed by atoms with Gasteiger partial charge in [0.15, 0.2) is 10.8 Å². The summed E-state index contributed by atoms with van der Waals surface area (Å²) in [5.41, 5.74) is 2.42. The first-order valence-electron chi connectivity index (χ1n) is 10.4. The number of aryl methyl sites for hydroxylation is 1. The van der Waals surface area contributed by atoms with Gasteiger partial charge in [-0.1, -0.05) is 29.8 Å². The normalized spacial score (nSPS) is 14.9. The van der Waals surface area contributed by atoms with Crippen molar-refractivity contribution in [2.45, 2.75) is 32.9 Å². The third-order valence-electron chi connectivity index (χ3n) is 5.71. The number of thiophene rings is 1. The summed E-state index contributed by atoms with van der Waals surface area (Å²) in [7, 11) is 0. The molecule has 172 valence electrons. The van der Waals surface area contributed by atoms with Crippen molar-refractivity contribution in [2.24, 2.45) is 0 Å². The van der Waals surface area contributed by atoms with Gasteiger partial charge < -0.3 is 10.2 Å². The Labute approximate surface area is 212 Å². The Kier molecular flexibility index (Phi) is 6.45. The van der Waals surface area contributed by atoms with E-state index in [9.17, 15) is 9.59 Å². The van der Waals surface area contributed by atoms with Gasteiger partial charge in [0, 0.05) is 22.9 Å². The zero-order valence-corrected chi connectivity index (χ0v) is 21.1. The highest BCUT2D eigenvalue weighted by molar-refractivity contribution is 7.81. The van der Waals surface area contributed by atoms with Gasteiger partial charge in [0.05, 0.1) is 11.4 Å². The molecule has 0 bridgehead atoms. The van der Waals surface area contributed by atoms with Crippen LogP contribution in [-0.2, 0) is 11.3 Å². The smallest absolute Gasteiger partial charge is 0.261 e. The Bertz CT molecular complexity index is 1350. The van der Waals surface area contributed by atoms with Crippen LogP contribution in [-0.4, -0.2) is 22.5 Å². The first-order chi connectivity index (χ1) is 16.1. The molecular formula is C25H21ClN4O2S2. The van der Waals surface area contributed by atoms with Crippen molar-refractivity contribution in [1.29, 1.82) is 0 Å². The molecule has 1 N–H and O–H groups in total. The zero-order valence-electron chi connectivity index (χ0n) is 18.8. The standard InChI is InChI=1S/C25H21ClN4O2S2/c1-15-12-17(9-10-20(15)27-4)29-23(32)25(2,3)30(24(29)33)18-8-7-16(19(26)13-18)14-28-22(31)21-6-5-11-34-21/h5-13H,14H2,1-3H3,(H,28,31). The fourth-order valence-corrected chi connectivity index (χ4v) is 5.25. The topological polar surface area (TPSA) is 57.0 Å². The van der Waals surface area contributed by atoms with Crippen LogP contribution in [0.3, 0.4) is 0 Å². The number of anilines is 2. The number of benzene rings is 2. The molecule has 3 aromatic rings. The average molecular weight is 509 g/mol. The number of carbonyl (C=O) groups is 2. The van der Waals surface area contributed by atoms with Gasteiger partial charge in [0.1, 0.15) is 5.54 Å². The molecule has 0 spiro atoms. The van der Waals surface area contributed by atoms with E-state index < -0.39 is 5.54 Å². The van der Waals surface area contributed by atoms with E-state index >= 15 is 0 Å². The molecule has 2 aromatic carbocycles. The second-order valence-electron chi connectivity index (χ2n) is 8.34. The van der Waals surface area contributed by atoms with Crippen LogP contribution in [0.1, 0.15) is 34.6 Å². The zero-order chi connectivity index (χ0) is 24.6. The molecule has 0 unspecified atom stereocenters. The average Bonchev–Trinajstić information content (AvgIpc) is 3.39. The minimum Gasteiger partial charge on any atom is -0.347 e. The maximum absolute atomic E-state index is 13.4. The van der Waals surface area contributed by atoms with E-state index in [1.165, 1.54) is 16.2 Å². The number of nitrogens with zero attached hydrogens (tertiary/aromatic N) is 3. The van der Waals surface area contributed by atoms with Gasteiger partial charge >= 0.3 is 0 Å². The van der Waals surface area contributed by atoms with Gasteiger partial charge in [-0.3, -0.25) is 14.5 Å². The summed E-state index contributed by atoms with van der Waals surface area (Å²) in [5, 5.41) is 5.52. The lowest BCUT2D eigenvalue weighted by atomic mass is 10.0. The number of halogens is 1. The van der Waals surface area contributed by atoms with E-state index in [2.05, 4.69) is 10.2 Å². The van der Waals surface area contributed by atoms with Crippen LogP contribution in [0.2, 0.25) is 5.02 Å². The van der Waals surface area contributed by atoms with Crippen molar-refractivity contribution in [3.8, 4) is 0 Å². The van der Waals surface area contributed by atoms with Crippen LogP contribution in [0.5, 0.6) is 0 Å². The van der Waals surface area contributed by atoms with Crippen molar-refractivity contribution in [3.63, 3.8) is 0 Å². The number of nitrogens with one attached hydrogen (secondary N) is 1. The first kappa shape index (κ1) is 23.9. The lowest BCUT2D eigenvalue weighted by Crippen LogP contribution is -2.44. The van der Waals surface area contributed by atoms with E-state index in [0.717, 1.165) is 11.1 Å². The quantitative estimate of drug-likeness (QED) is 0.334. The van der Waals surface area contributed by atoms with Crippen molar-refractivity contribution < 1.29 is 9.59 Å². The van der Waals surface area contributed by atoms with E-state index in [1.54, 1.807) is 35.2 Å². The summed E-state index contributed by atoms with van der Waals surface area (Å²) in [6.45, 7) is 13.0. The number of thiocarbonyl (C=S) groups is 1. The van der Waals surface area contributed by atoms with Gasteiger partial charge in [-0.25, -0.2) is 4.85 Å². The number of amides is 2. The van der Waals surface area contributed by atoms with Crippen molar-refractivity contribution in [3.05, 3.63) is 86.4 Å². The minimum absolute atomic E-state index is 0.155. The Morgan fingerprint density at radius 1 is 1.21 bits per heavy atom. The summed E-state index contributed by atoms with van der Waals surface area (Å²) in [5.74, 6) is -0.325. The first-order valence-corrected chi connectivity index (χ1v) is 12.1. The molecule has 4 rings (SSSR count). The van der Waals surface area contributed by atoms with Gasteiger partial charge in [-0.05, 0) is 79.8 Å². The van der Waals surface area contributed by atoms with Crippen LogP contribution >= 0.6 is 35.2 Å². The molecule has 1 aliphatic rings. The SMILES string of the molecule is [C-]#[N+]c1ccc(N2C(=O)C(C)(C)N(c3ccc(CNC(=O)c4cccs4)c(Cl)c3)C2=S)cc1C. The molecule has 0 aliphatic carbocycles. The highest BCUT2D eigenvalue weighted by Crippen LogP contribution is 2.38. The molecule has 1 aromatic heterocycles. The van der Waals surface area contributed by atoms with E-state index in [-0.39, 0.29) is 18.4 Å². The molecule has 34 heavy (non-hydrogen) atoms. The highest BCUT2D eigenvalue weighted by Gasteiger charge is 2.50. The molecule has 1 saturated heterocycles. The van der Waals surface area contributed by atoms with E-state index in [0.29, 0.717) is 32.1 Å². The largest absolute Gasteiger partial charge is 0.347 e. The number of hydrogen-bond acceptors (Lipinski definition) is 4. The van der Waals surface area contributed by atoms with Crippen LogP contribution in [0, 0.1) is 13.5 Å². The van der Waals surface area contributed by atoms with Gasteiger partial charge in [-0.2, -0.15) is 0 Å². The summed E-state index contributed by atoms with van der Waals surface area (Å²) in [6, 6.07) is 14.2. The third kappa shape index (κ3) is 4.18. The number of hydrogen-bond donors (Lipinski definition) is 1. The van der Waals surface area contributed by atoms with E-state index in [1.807, 2.05) is 44.4 Å². The van der Waals surface area contributed by atoms with Crippen LogP contribution in [0.15, 0.2) is 53.9 Å². The van der Waals surface area contributed by atoms with E-state index in [4.69, 9.17) is 30.4 Å². The van der Waals surface area contributed by atoms with Gasteiger partial charge in [0.2, 0.25) is 0 Å². The number of carbonyl (C=O) groups excluding carboxylic acids is 2. The third-order valence-corrected chi connectivity index (χ3v) is 7.29. The molecule has 9 heteroatoms. The maximum atomic E-state index is 13.4. The van der Waals surface area contributed by atoms with Crippen molar-refractivity contribution in [2.75, 3.05) is 9.80 Å². The minimum atomic E-state index is -0.943. The maximum Gasteiger partial charge on any atom is 0.261 e. The summed E-state index contributed by atoms with van der Waals surface area (Å²) >= 11 is 13.7. The molecule has 2 heterocycles. The van der Waals surface area contributed by atoms with Gasteiger partial charge in [0.25, 0.3) is 11.8 Å². The second-order valence-corrected chi connectivity index (χ2v) is 10.1. The Morgan fingerprint density at radius 2 is 1.94 bits per heavy atom. The second kappa shape index (κ2) is 9.18. The molecule has 2 amide bonds. The number of rotatable bonds is 5. The molecule has 0 atom stereocenters. The van der Waals surface area contributed by atoms with Crippen LogP contribution in [0.25, 0.3) is 4.85 Å². The fraction of sp³-hybridized carbons (Fsp3) is 0.200. The lowest BCUT2D eigenvalue weighted by Gasteiger charge is -2.29. The molecule has 0 saturated carbocycles. The Morgan fingerprint density at radius 3 is 2.56 bits per heavy atom. The summed E-state index contributed by atoms with van der Waals surface area (Å²) in [4.78, 5) is 33.0. The van der Waals surface area contributed by atoms with Gasteiger partial charge in [-0.15, -0.1) is 11.3 Å². The van der Waals surface area contributed by atoms with Crippen LogP contribution < -0.4 is 15.1 Å². The Hall–Kier alpha value is -3.25. The fourth-order valence-electron chi connectivity index (χ4n) is 3.85. The van der Waals surface area contributed by atoms with Crippen LogP contribution in [0.4, 0.5) is 17.1 Å². The predicted octanol–water partition coefficient (Wildman–Crippen LogP) is 6.11. The van der Waals surface area contributed by atoms with Crippen molar-refractivity contribution >= 4 is 69.1 Å². The molecule has 1 fully saturated rings. The molecule has 6 nitrogen and oxygen atoms in total. The molecule has 1 aliphatic heterocycles.